The van der Waals surface area contributed by atoms with Crippen molar-refractivity contribution in [1.82, 2.24) is 0 Å². The molecule has 1 aliphatic rings. The SMILES string of the molecule is CC1CC[C@H](C(C)C)C(=NO)C1. The second-order valence-electron chi connectivity index (χ2n) is 4.33. The molecular weight excluding hydrogens is 150 g/mol. The van der Waals surface area contributed by atoms with E-state index in [9.17, 15) is 0 Å². The minimum Gasteiger partial charge on any atom is -0.411 e. The Morgan fingerprint density at radius 1 is 1.42 bits per heavy atom. The van der Waals surface area contributed by atoms with Gasteiger partial charge in [-0.25, -0.2) is 0 Å². The molecule has 0 amide bonds. The highest BCUT2D eigenvalue weighted by Gasteiger charge is 2.27. The Kier molecular flexibility index (Phi) is 3.12. The summed E-state index contributed by atoms with van der Waals surface area (Å²) in [7, 11) is 0. The third-order valence-corrected chi connectivity index (χ3v) is 2.89. The third-order valence-electron chi connectivity index (χ3n) is 2.89. The first-order chi connectivity index (χ1) is 5.65. The van der Waals surface area contributed by atoms with Crippen molar-refractivity contribution in [3.05, 3.63) is 0 Å². The van der Waals surface area contributed by atoms with Gasteiger partial charge in [0.25, 0.3) is 0 Å². The fourth-order valence-electron chi connectivity index (χ4n) is 2.07. The molecule has 0 radical (unpaired) electrons. The van der Waals surface area contributed by atoms with E-state index in [0.717, 1.165) is 12.1 Å². The maximum atomic E-state index is 8.82. The lowest BCUT2D eigenvalue weighted by atomic mass is 9.76. The van der Waals surface area contributed by atoms with Gasteiger partial charge in [-0.15, -0.1) is 0 Å². The van der Waals surface area contributed by atoms with Gasteiger partial charge in [-0.1, -0.05) is 25.9 Å². The molecule has 1 saturated carbocycles. The standard InChI is InChI=1S/C10H19NO/c1-7(2)9-5-4-8(3)6-10(9)11-12/h7-9,12H,4-6H2,1-3H3/t8?,9-/m1/s1. The van der Waals surface area contributed by atoms with Crippen molar-refractivity contribution in [3.8, 4) is 0 Å². The van der Waals surface area contributed by atoms with Crippen LogP contribution in [0.2, 0.25) is 0 Å². The molecule has 1 fully saturated rings. The molecule has 0 aromatic carbocycles. The van der Waals surface area contributed by atoms with Crippen molar-refractivity contribution >= 4 is 5.71 Å². The van der Waals surface area contributed by atoms with Gasteiger partial charge in [0, 0.05) is 5.92 Å². The molecule has 2 heteroatoms. The van der Waals surface area contributed by atoms with Gasteiger partial charge in [0.1, 0.15) is 0 Å². The summed E-state index contributed by atoms with van der Waals surface area (Å²) in [5.41, 5.74) is 1.02. The second kappa shape index (κ2) is 3.92. The summed E-state index contributed by atoms with van der Waals surface area (Å²) in [6.45, 7) is 6.62. The number of rotatable bonds is 1. The van der Waals surface area contributed by atoms with Crippen molar-refractivity contribution in [2.24, 2.45) is 22.9 Å². The van der Waals surface area contributed by atoms with E-state index in [-0.39, 0.29) is 0 Å². The van der Waals surface area contributed by atoms with Crippen LogP contribution in [0.4, 0.5) is 0 Å². The lowest BCUT2D eigenvalue weighted by Gasteiger charge is -2.29. The zero-order valence-electron chi connectivity index (χ0n) is 8.25. The van der Waals surface area contributed by atoms with Crippen LogP contribution in [-0.2, 0) is 0 Å². The molecular formula is C10H19NO. The first-order valence-corrected chi connectivity index (χ1v) is 4.86. The Labute approximate surface area is 74.7 Å². The molecule has 0 aliphatic heterocycles. The van der Waals surface area contributed by atoms with Crippen molar-refractivity contribution in [1.29, 1.82) is 0 Å². The predicted octanol–water partition coefficient (Wildman–Crippen LogP) is 2.91. The van der Waals surface area contributed by atoms with E-state index < -0.39 is 0 Å². The quantitative estimate of drug-likeness (QED) is 0.475. The minimum atomic E-state index is 0.520. The van der Waals surface area contributed by atoms with Gasteiger partial charge in [-0.3, -0.25) is 0 Å². The maximum absolute atomic E-state index is 8.82. The molecule has 2 nitrogen and oxygen atoms in total. The number of hydrogen-bond donors (Lipinski definition) is 1. The van der Waals surface area contributed by atoms with Gasteiger partial charge in [0.2, 0.25) is 0 Å². The summed E-state index contributed by atoms with van der Waals surface area (Å²) in [6.07, 6.45) is 3.46. The van der Waals surface area contributed by atoms with Crippen molar-refractivity contribution in [2.45, 2.75) is 40.0 Å². The summed E-state index contributed by atoms with van der Waals surface area (Å²) in [5.74, 6) is 1.83. The van der Waals surface area contributed by atoms with E-state index in [1.165, 1.54) is 12.8 Å². The van der Waals surface area contributed by atoms with Crippen LogP contribution in [0.1, 0.15) is 40.0 Å². The van der Waals surface area contributed by atoms with Crippen molar-refractivity contribution in [2.75, 3.05) is 0 Å². The van der Waals surface area contributed by atoms with E-state index in [4.69, 9.17) is 5.21 Å². The van der Waals surface area contributed by atoms with E-state index in [1.807, 2.05) is 0 Å². The first kappa shape index (κ1) is 9.56. The molecule has 1 N–H and O–H groups in total. The largest absolute Gasteiger partial charge is 0.411 e. The molecule has 0 spiro atoms. The maximum Gasteiger partial charge on any atom is 0.0606 e. The molecule has 0 bridgehead atoms. The van der Waals surface area contributed by atoms with Crippen LogP contribution >= 0.6 is 0 Å². The Hall–Kier alpha value is -0.530. The van der Waals surface area contributed by atoms with Gasteiger partial charge in [-0.05, 0) is 31.1 Å². The molecule has 1 aliphatic carbocycles. The Balaban J connectivity index is 2.63. The van der Waals surface area contributed by atoms with E-state index in [2.05, 4.69) is 25.9 Å². The highest BCUT2D eigenvalue weighted by Crippen LogP contribution is 2.30. The van der Waals surface area contributed by atoms with Crippen LogP contribution in [-0.4, -0.2) is 10.9 Å². The number of hydrogen-bond acceptors (Lipinski definition) is 2. The Morgan fingerprint density at radius 3 is 2.58 bits per heavy atom. The summed E-state index contributed by atoms with van der Waals surface area (Å²) in [5, 5.41) is 12.2. The fraction of sp³-hybridized carbons (Fsp3) is 0.900. The molecule has 0 aromatic heterocycles. The summed E-state index contributed by atoms with van der Waals surface area (Å²) in [6, 6.07) is 0. The topological polar surface area (TPSA) is 32.6 Å². The van der Waals surface area contributed by atoms with Crippen LogP contribution in [0.3, 0.4) is 0 Å². The summed E-state index contributed by atoms with van der Waals surface area (Å²) in [4.78, 5) is 0. The minimum absolute atomic E-state index is 0.520. The molecule has 70 valence electrons. The normalized spacial score (nSPS) is 34.5. The van der Waals surface area contributed by atoms with Crippen LogP contribution < -0.4 is 0 Å². The van der Waals surface area contributed by atoms with Gasteiger partial charge in [-0.2, -0.15) is 0 Å². The van der Waals surface area contributed by atoms with E-state index in [0.29, 0.717) is 17.8 Å². The summed E-state index contributed by atoms with van der Waals surface area (Å²) >= 11 is 0. The fourth-order valence-corrected chi connectivity index (χ4v) is 2.07. The van der Waals surface area contributed by atoms with Crippen LogP contribution in [0.15, 0.2) is 5.16 Å². The van der Waals surface area contributed by atoms with Crippen LogP contribution in [0.25, 0.3) is 0 Å². The molecule has 0 saturated heterocycles. The zero-order chi connectivity index (χ0) is 9.14. The molecule has 12 heavy (non-hydrogen) atoms. The number of oxime groups is 1. The highest BCUT2D eigenvalue weighted by molar-refractivity contribution is 5.87. The molecule has 1 rings (SSSR count). The predicted molar refractivity (Wildman–Crippen MR) is 50.6 cm³/mol. The van der Waals surface area contributed by atoms with Crippen molar-refractivity contribution in [3.63, 3.8) is 0 Å². The van der Waals surface area contributed by atoms with Gasteiger partial charge >= 0.3 is 0 Å². The first-order valence-electron chi connectivity index (χ1n) is 4.86. The highest BCUT2D eigenvalue weighted by atomic mass is 16.4. The van der Waals surface area contributed by atoms with Gasteiger partial charge in [0.15, 0.2) is 0 Å². The molecule has 0 aromatic rings. The van der Waals surface area contributed by atoms with Crippen LogP contribution in [0, 0.1) is 17.8 Å². The van der Waals surface area contributed by atoms with Crippen LogP contribution in [0.5, 0.6) is 0 Å². The molecule has 2 atom stereocenters. The monoisotopic (exact) mass is 169 g/mol. The van der Waals surface area contributed by atoms with Gasteiger partial charge < -0.3 is 5.21 Å². The average molecular weight is 169 g/mol. The van der Waals surface area contributed by atoms with E-state index >= 15 is 0 Å². The second-order valence-corrected chi connectivity index (χ2v) is 4.33. The summed E-state index contributed by atoms with van der Waals surface area (Å²) < 4.78 is 0. The van der Waals surface area contributed by atoms with Gasteiger partial charge in [0.05, 0.1) is 5.71 Å². The number of nitrogens with zero attached hydrogens (tertiary/aromatic N) is 1. The average Bonchev–Trinajstić information content (AvgIpc) is 2.03. The lowest BCUT2D eigenvalue weighted by molar-refractivity contribution is 0.291. The lowest BCUT2D eigenvalue weighted by Crippen LogP contribution is -2.27. The molecule has 1 unspecified atom stereocenters. The third kappa shape index (κ3) is 1.99. The molecule has 0 heterocycles. The Morgan fingerprint density at radius 2 is 2.08 bits per heavy atom. The van der Waals surface area contributed by atoms with Crippen molar-refractivity contribution < 1.29 is 5.21 Å². The zero-order valence-corrected chi connectivity index (χ0v) is 8.25. The Bertz CT molecular complexity index is 175. The van der Waals surface area contributed by atoms with E-state index in [1.54, 1.807) is 0 Å². The smallest absolute Gasteiger partial charge is 0.0606 e.